The Bertz CT molecular complexity index is 1280. The zero-order valence-corrected chi connectivity index (χ0v) is 28.7. The smallest absolute Gasteiger partial charge is 0.120 e. The molecule has 5 heteroatoms. The fraction of sp³-hybridized carbons (Fsp3) is 0.415. The number of nitrogens with zero attached hydrogens (tertiary/aromatic N) is 1. The van der Waals surface area contributed by atoms with Gasteiger partial charge in [-0.15, -0.1) is 6.32 Å². The first-order chi connectivity index (χ1) is 22.3. The normalized spacial score (nSPS) is 11.6. The van der Waals surface area contributed by atoms with Crippen molar-refractivity contribution in [3.05, 3.63) is 126 Å². The van der Waals surface area contributed by atoms with Crippen LogP contribution in [0.3, 0.4) is 0 Å². The van der Waals surface area contributed by atoms with E-state index in [-0.39, 0.29) is 17.5 Å². The van der Waals surface area contributed by atoms with E-state index in [4.69, 9.17) is 0 Å². The molecular formula is C41H55BF3N. The Labute approximate surface area is 277 Å². The molecule has 0 unspecified atom stereocenters. The van der Waals surface area contributed by atoms with Crippen molar-refractivity contribution in [2.45, 2.75) is 85.4 Å². The highest BCUT2D eigenvalue weighted by atomic mass is 19.1. The Balaban J connectivity index is 0.000000292. The fourth-order valence-electron chi connectivity index (χ4n) is 6.98. The SMILES string of the molecule is CCCC[N+](CCCC)(CCCC)CCCC.Fc1cccc([B-](Cc2ccccc2)(c2cccc(F)c2)c2cccc(F)c2)c1. The molecule has 0 amide bonds. The van der Waals surface area contributed by atoms with Gasteiger partial charge in [0.25, 0.3) is 0 Å². The van der Waals surface area contributed by atoms with E-state index in [1.54, 1.807) is 18.2 Å². The van der Waals surface area contributed by atoms with Crippen molar-refractivity contribution in [1.82, 2.24) is 0 Å². The van der Waals surface area contributed by atoms with Crippen LogP contribution >= 0.6 is 0 Å². The lowest BCUT2D eigenvalue weighted by atomic mass is 9.14. The summed E-state index contributed by atoms with van der Waals surface area (Å²) < 4.78 is 44.3. The standard InChI is InChI=1S/C25H19BF3.C16H36N/c27-23-12-4-9-20(15-23)26(18-19-7-2-1-3-8-19,21-10-5-13-24(28)16-21)22-11-6-14-25(29)17-22;1-5-9-13-17(14-10-6-2,15-11-7-3)16-12-8-4/h1-17H,18H2;5-16H2,1-4H3/q-1;+1. The molecule has 0 aromatic heterocycles. The minimum Gasteiger partial charge on any atom is -0.324 e. The van der Waals surface area contributed by atoms with Gasteiger partial charge in [0.15, 0.2) is 0 Å². The molecule has 0 fully saturated rings. The van der Waals surface area contributed by atoms with Gasteiger partial charge in [-0.1, -0.05) is 144 Å². The van der Waals surface area contributed by atoms with E-state index in [1.165, 1.54) is 118 Å². The first kappa shape index (κ1) is 37.2. The van der Waals surface area contributed by atoms with E-state index < -0.39 is 6.15 Å². The van der Waals surface area contributed by atoms with Crippen LogP contribution in [0, 0.1) is 17.5 Å². The maximum absolute atomic E-state index is 14.3. The minimum absolute atomic E-state index is 0.380. The first-order valence-electron chi connectivity index (χ1n) is 17.7. The number of hydrogen-bond acceptors (Lipinski definition) is 0. The van der Waals surface area contributed by atoms with Crippen molar-refractivity contribution in [3.8, 4) is 0 Å². The zero-order valence-electron chi connectivity index (χ0n) is 28.7. The van der Waals surface area contributed by atoms with E-state index in [9.17, 15) is 13.2 Å². The molecule has 46 heavy (non-hydrogen) atoms. The summed E-state index contributed by atoms with van der Waals surface area (Å²) in [7, 11) is 0. The summed E-state index contributed by atoms with van der Waals surface area (Å²) in [6, 6.07) is 28.7. The summed E-state index contributed by atoms with van der Waals surface area (Å²) in [5, 5.41) is 0. The molecule has 0 radical (unpaired) electrons. The topological polar surface area (TPSA) is 0 Å². The molecule has 0 bridgehead atoms. The van der Waals surface area contributed by atoms with Gasteiger partial charge >= 0.3 is 0 Å². The minimum atomic E-state index is -1.87. The second kappa shape index (κ2) is 19.4. The number of unbranched alkanes of at least 4 members (excludes halogenated alkanes) is 4. The second-order valence-corrected chi connectivity index (χ2v) is 13.1. The van der Waals surface area contributed by atoms with E-state index in [0.29, 0.717) is 22.7 Å². The molecule has 0 saturated heterocycles. The highest BCUT2D eigenvalue weighted by Crippen LogP contribution is 2.18. The van der Waals surface area contributed by atoms with Crippen molar-refractivity contribution >= 4 is 22.5 Å². The summed E-state index contributed by atoms with van der Waals surface area (Å²) >= 11 is 0. The van der Waals surface area contributed by atoms with E-state index in [0.717, 1.165) is 5.56 Å². The largest absolute Gasteiger partial charge is 0.324 e. The Morgan fingerprint density at radius 1 is 0.457 bits per heavy atom. The number of halogens is 3. The quantitative estimate of drug-likeness (QED) is 0.0807. The van der Waals surface area contributed by atoms with Crippen LogP contribution in [0.2, 0.25) is 0 Å². The molecule has 0 aliphatic rings. The van der Waals surface area contributed by atoms with E-state index in [1.807, 2.05) is 48.5 Å². The van der Waals surface area contributed by atoms with Crippen molar-refractivity contribution < 1.29 is 17.7 Å². The van der Waals surface area contributed by atoms with Crippen LogP contribution < -0.4 is 16.4 Å². The predicted octanol–water partition coefficient (Wildman–Crippen LogP) is 9.36. The molecule has 0 aliphatic heterocycles. The molecule has 0 atom stereocenters. The lowest BCUT2D eigenvalue weighted by Gasteiger charge is -2.43. The zero-order chi connectivity index (χ0) is 33.3. The lowest BCUT2D eigenvalue weighted by molar-refractivity contribution is -0.929. The highest BCUT2D eigenvalue weighted by Gasteiger charge is 2.31. The summed E-state index contributed by atoms with van der Waals surface area (Å²) in [5.74, 6) is -1.14. The van der Waals surface area contributed by atoms with Gasteiger partial charge in [0.2, 0.25) is 0 Å². The number of hydrogen-bond donors (Lipinski definition) is 0. The maximum Gasteiger partial charge on any atom is 0.120 e. The second-order valence-electron chi connectivity index (χ2n) is 13.1. The fourth-order valence-corrected chi connectivity index (χ4v) is 6.98. The van der Waals surface area contributed by atoms with Crippen molar-refractivity contribution in [2.75, 3.05) is 26.2 Å². The lowest BCUT2D eigenvalue weighted by Crippen LogP contribution is -2.69. The third-order valence-electron chi connectivity index (χ3n) is 9.58. The Hall–Kier alpha value is -3.31. The summed E-state index contributed by atoms with van der Waals surface area (Å²) in [6.07, 6.45) is 9.67. The van der Waals surface area contributed by atoms with Gasteiger partial charge in [-0.2, -0.15) is 16.4 Å². The van der Waals surface area contributed by atoms with Gasteiger partial charge in [-0.3, -0.25) is 0 Å². The highest BCUT2D eigenvalue weighted by molar-refractivity contribution is 7.11. The molecule has 4 aromatic rings. The van der Waals surface area contributed by atoms with E-state index >= 15 is 0 Å². The monoisotopic (exact) mass is 629 g/mol. The third kappa shape index (κ3) is 10.6. The molecule has 0 spiro atoms. The van der Waals surface area contributed by atoms with Gasteiger partial charge in [0.05, 0.1) is 32.3 Å². The Morgan fingerprint density at radius 3 is 1.11 bits per heavy atom. The average Bonchev–Trinajstić information content (AvgIpc) is 3.07. The number of rotatable bonds is 17. The van der Waals surface area contributed by atoms with Crippen LogP contribution in [0.25, 0.3) is 0 Å². The van der Waals surface area contributed by atoms with Crippen LogP contribution in [0.15, 0.2) is 103 Å². The van der Waals surface area contributed by atoms with Gasteiger partial charge in [0, 0.05) is 0 Å². The molecule has 0 saturated carbocycles. The molecule has 4 aromatic carbocycles. The number of quaternary nitrogens is 1. The summed E-state index contributed by atoms with van der Waals surface area (Å²) in [5.41, 5.74) is 3.10. The van der Waals surface area contributed by atoms with Crippen LogP contribution in [-0.2, 0) is 6.32 Å². The van der Waals surface area contributed by atoms with Crippen LogP contribution in [0.5, 0.6) is 0 Å². The van der Waals surface area contributed by atoms with Gasteiger partial charge < -0.3 is 4.48 Å². The Morgan fingerprint density at radius 2 is 0.804 bits per heavy atom. The molecule has 0 heterocycles. The molecule has 1 nitrogen and oxygen atoms in total. The van der Waals surface area contributed by atoms with Crippen LogP contribution in [0.4, 0.5) is 13.2 Å². The molecule has 248 valence electrons. The van der Waals surface area contributed by atoms with Gasteiger partial charge in [-0.05, 0) is 43.9 Å². The summed E-state index contributed by atoms with van der Waals surface area (Å²) in [4.78, 5) is 0. The first-order valence-corrected chi connectivity index (χ1v) is 17.7. The maximum atomic E-state index is 14.3. The molecule has 4 rings (SSSR count). The third-order valence-corrected chi connectivity index (χ3v) is 9.58. The summed E-state index contributed by atoms with van der Waals surface area (Å²) in [6.45, 7) is 15.0. The van der Waals surface area contributed by atoms with Crippen LogP contribution in [0.1, 0.15) is 84.6 Å². The van der Waals surface area contributed by atoms with Crippen molar-refractivity contribution in [2.24, 2.45) is 0 Å². The number of benzene rings is 4. The van der Waals surface area contributed by atoms with E-state index in [2.05, 4.69) is 27.7 Å². The predicted molar refractivity (Wildman–Crippen MR) is 193 cm³/mol. The van der Waals surface area contributed by atoms with Gasteiger partial charge in [-0.25, -0.2) is 13.2 Å². The van der Waals surface area contributed by atoms with Crippen molar-refractivity contribution in [1.29, 1.82) is 0 Å². The van der Waals surface area contributed by atoms with Gasteiger partial charge in [0.1, 0.15) is 17.5 Å². The Kier molecular flexibility index (Phi) is 15.7. The molecule has 0 aliphatic carbocycles. The van der Waals surface area contributed by atoms with Crippen molar-refractivity contribution in [3.63, 3.8) is 0 Å². The van der Waals surface area contributed by atoms with Crippen LogP contribution in [-0.4, -0.2) is 36.8 Å². The molecule has 0 N–H and O–H groups in total. The average molecular weight is 630 g/mol. The molecular weight excluding hydrogens is 574 g/mol.